The van der Waals surface area contributed by atoms with E-state index in [-0.39, 0.29) is 39.4 Å². The molecule has 1 aliphatic heterocycles. The topological polar surface area (TPSA) is 116 Å². The summed E-state index contributed by atoms with van der Waals surface area (Å²) in [5, 5.41) is 13.6. The van der Waals surface area contributed by atoms with E-state index in [1.807, 2.05) is 0 Å². The molecule has 1 amide bonds. The predicted molar refractivity (Wildman–Crippen MR) is 141 cm³/mol. The number of halogens is 5. The van der Waals surface area contributed by atoms with Gasteiger partial charge >= 0.3 is 6.18 Å². The Kier molecular flexibility index (Phi) is 7.29. The van der Waals surface area contributed by atoms with Gasteiger partial charge in [0.25, 0.3) is 5.91 Å². The lowest BCUT2D eigenvalue weighted by Crippen LogP contribution is -2.52. The first kappa shape index (κ1) is 28.9. The van der Waals surface area contributed by atoms with Crippen LogP contribution < -0.4 is 25.3 Å². The van der Waals surface area contributed by atoms with Crippen LogP contribution in [-0.2, 0) is 11.1 Å². The molecular weight excluding hydrogens is 570 g/mol. The second kappa shape index (κ2) is 10.3. The third-order valence-corrected chi connectivity index (χ3v) is 7.28. The molecule has 0 unspecified atom stereocenters. The summed E-state index contributed by atoms with van der Waals surface area (Å²) in [7, 11) is 1.44. The van der Waals surface area contributed by atoms with E-state index in [9.17, 15) is 27.5 Å². The van der Waals surface area contributed by atoms with Crippen molar-refractivity contribution in [3.63, 3.8) is 0 Å². The lowest BCUT2D eigenvalue weighted by atomic mass is 9.88. The van der Waals surface area contributed by atoms with Crippen LogP contribution in [0.1, 0.15) is 41.4 Å². The number of nitrogens with one attached hydrogen (secondary N) is 1. The van der Waals surface area contributed by atoms with E-state index < -0.39 is 47.8 Å². The molecule has 1 fully saturated rings. The zero-order chi connectivity index (χ0) is 29.7. The first-order valence-electron chi connectivity index (χ1n) is 12.6. The van der Waals surface area contributed by atoms with Crippen LogP contribution in [0.5, 0.6) is 17.2 Å². The number of pyridine rings is 1. The van der Waals surface area contributed by atoms with Crippen LogP contribution >= 0.6 is 11.6 Å². The molecule has 2 heterocycles. The van der Waals surface area contributed by atoms with Crippen molar-refractivity contribution in [3.05, 3.63) is 70.1 Å². The van der Waals surface area contributed by atoms with Crippen molar-refractivity contribution in [2.75, 3.05) is 20.3 Å². The summed E-state index contributed by atoms with van der Waals surface area (Å²) in [5.41, 5.74) is 0.436. The van der Waals surface area contributed by atoms with Gasteiger partial charge < -0.3 is 30.4 Å². The SMILES string of the molecule is COc1cc(C(=O)NC[C@](C)(O)c2cc3c(c(-c4ccc(F)c(Cl)c4)n2)OC[C@@]3(N)C(F)(F)F)ccc1OC1CC1. The molecule has 0 saturated heterocycles. The number of fused-ring (bicyclic) bond motifs is 1. The monoisotopic (exact) mass is 595 g/mol. The van der Waals surface area contributed by atoms with Crippen molar-refractivity contribution in [3.8, 4) is 28.5 Å². The maximum absolute atomic E-state index is 14.1. The van der Waals surface area contributed by atoms with Gasteiger partial charge in [0.1, 0.15) is 23.7 Å². The van der Waals surface area contributed by atoms with Gasteiger partial charge in [0.05, 0.1) is 30.5 Å². The molecule has 3 aromatic rings. The number of carbonyl (C=O) groups excluding carboxylic acids is 1. The quantitative estimate of drug-likeness (QED) is 0.319. The maximum atomic E-state index is 14.1. The van der Waals surface area contributed by atoms with E-state index in [1.165, 1.54) is 38.3 Å². The predicted octanol–water partition coefficient (Wildman–Crippen LogP) is 4.84. The number of hydrogen-bond donors (Lipinski definition) is 3. The maximum Gasteiger partial charge on any atom is 0.414 e. The Hall–Kier alpha value is -3.61. The smallest absolute Gasteiger partial charge is 0.414 e. The van der Waals surface area contributed by atoms with Crippen LogP contribution in [0, 0.1) is 5.82 Å². The van der Waals surface area contributed by atoms with E-state index >= 15 is 0 Å². The van der Waals surface area contributed by atoms with Gasteiger partial charge in [-0.15, -0.1) is 0 Å². The van der Waals surface area contributed by atoms with E-state index in [4.69, 9.17) is 31.5 Å². The van der Waals surface area contributed by atoms with Crippen molar-refractivity contribution in [1.29, 1.82) is 0 Å². The second-order valence-corrected chi connectivity index (χ2v) is 10.7. The first-order chi connectivity index (χ1) is 19.2. The summed E-state index contributed by atoms with van der Waals surface area (Å²) < 4.78 is 72.5. The largest absolute Gasteiger partial charge is 0.493 e. The summed E-state index contributed by atoms with van der Waals surface area (Å²) in [6, 6.07) is 9.08. The number of nitrogens with zero attached hydrogens (tertiary/aromatic N) is 1. The molecule has 41 heavy (non-hydrogen) atoms. The summed E-state index contributed by atoms with van der Waals surface area (Å²) in [6.07, 6.45) is -2.92. The molecule has 2 atom stereocenters. The fourth-order valence-electron chi connectivity index (χ4n) is 4.34. The van der Waals surface area contributed by atoms with Crippen LogP contribution in [0.2, 0.25) is 5.02 Å². The molecule has 1 aromatic heterocycles. The van der Waals surface area contributed by atoms with Gasteiger partial charge in [0, 0.05) is 16.7 Å². The number of nitrogens with two attached hydrogens (primary N) is 1. The summed E-state index contributed by atoms with van der Waals surface area (Å²) in [6.45, 7) is -0.0907. The lowest BCUT2D eigenvalue weighted by Gasteiger charge is -2.28. The van der Waals surface area contributed by atoms with Crippen molar-refractivity contribution in [2.24, 2.45) is 5.73 Å². The van der Waals surface area contributed by atoms with Gasteiger partial charge in [-0.25, -0.2) is 9.37 Å². The van der Waals surface area contributed by atoms with E-state index in [0.717, 1.165) is 25.0 Å². The summed E-state index contributed by atoms with van der Waals surface area (Å²) in [4.78, 5) is 17.3. The van der Waals surface area contributed by atoms with Gasteiger partial charge in [0.15, 0.2) is 22.8 Å². The van der Waals surface area contributed by atoms with Gasteiger partial charge in [-0.05, 0) is 62.2 Å². The highest BCUT2D eigenvalue weighted by atomic mass is 35.5. The Morgan fingerprint density at radius 2 is 1.95 bits per heavy atom. The molecule has 4 N–H and O–H groups in total. The van der Waals surface area contributed by atoms with Crippen molar-refractivity contribution >= 4 is 17.5 Å². The Labute approximate surface area is 237 Å². The Bertz CT molecular complexity index is 1510. The molecule has 218 valence electrons. The molecule has 13 heteroatoms. The third-order valence-electron chi connectivity index (χ3n) is 6.99. The fourth-order valence-corrected chi connectivity index (χ4v) is 4.52. The number of aliphatic hydroxyl groups is 1. The number of carbonyl (C=O) groups is 1. The highest BCUT2D eigenvalue weighted by Gasteiger charge is 2.59. The Balaban J connectivity index is 1.47. The van der Waals surface area contributed by atoms with E-state index in [1.54, 1.807) is 6.07 Å². The summed E-state index contributed by atoms with van der Waals surface area (Å²) >= 11 is 5.91. The Morgan fingerprint density at radius 3 is 2.59 bits per heavy atom. The van der Waals surface area contributed by atoms with Crippen molar-refractivity contribution in [1.82, 2.24) is 10.3 Å². The highest BCUT2D eigenvalue weighted by Crippen LogP contribution is 2.49. The minimum absolute atomic E-state index is 0.115. The number of methoxy groups -OCH3 is 1. The number of rotatable bonds is 8. The number of alkyl halides is 3. The van der Waals surface area contributed by atoms with Crippen LogP contribution in [-0.4, -0.2) is 48.5 Å². The molecule has 1 aliphatic carbocycles. The molecule has 8 nitrogen and oxygen atoms in total. The van der Waals surface area contributed by atoms with Crippen LogP contribution in [0.4, 0.5) is 17.6 Å². The van der Waals surface area contributed by atoms with E-state index in [0.29, 0.717) is 11.5 Å². The average Bonchev–Trinajstić information content (AvgIpc) is 3.68. The standard InChI is InChI=1S/C28H26ClF4N3O5/c1-26(38,12-35-25(37)15-4-8-20(21(10-15)39-2)41-16-5-6-16)22-11-17-24(40-13-27(17,34)28(31,32)33)23(36-22)14-3-7-19(30)18(29)9-14/h3-4,7-11,16,38H,5-6,12-13,34H2,1-2H3,(H,35,37)/t26-,27-/m0/s1. The fraction of sp³-hybridized carbons (Fsp3) is 0.357. The molecule has 1 saturated carbocycles. The van der Waals surface area contributed by atoms with Gasteiger partial charge in [-0.3, -0.25) is 4.79 Å². The average molecular weight is 596 g/mol. The summed E-state index contributed by atoms with van der Waals surface area (Å²) in [5.74, 6) is -0.750. The first-order valence-corrected chi connectivity index (χ1v) is 13.0. The van der Waals surface area contributed by atoms with Crippen LogP contribution in [0.15, 0.2) is 42.5 Å². The number of ether oxygens (including phenoxy) is 3. The van der Waals surface area contributed by atoms with Crippen molar-refractivity contribution < 1.29 is 41.7 Å². The van der Waals surface area contributed by atoms with Crippen molar-refractivity contribution in [2.45, 2.75) is 43.2 Å². The normalized spacial score (nSPS) is 19.6. The van der Waals surface area contributed by atoms with Gasteiger partial charge in [-0.2, -0.15) is 13.2 Å². The number of benzene rings is 2. The van der Waals surface area contributed by atoms with E-state index in [2.05, 4.69) is 10.3 Å². The van der Waals surface area contributed by atoms with Gasteiger partial charge in [0.2, 0.25) is 0 Å². The zero-order valence-electron chi connectivity index (χ0n) is 21.9. The van der Waals surface area contributed by atoms with Crippen LogP contribution in [0.25, 0.3) is 11.3 Å². The number of hydrogen-bond acceptors (Lipinski definition) is 7. The molecule has 5 rings (SSSR count). The molecule has 0 bridgehead atoms. The molecule has 2 aromatic carbocycles. The van der Waals surface area contributed by atoms with Gasteiger partial charge in [-0.1, -0.05) is 11.6 Å². The number of amides is 1. The molecule has 0 spiro atoms. The minimum atomic E-state index is -4.91. The second-order valence-electron chi connectivity index (χ2n) is 10.3. The van der Waals surface area contributed by atoms with Crippen LogP contribution in [0.3, 0.4) is 0 Å². The molecular formula is C28H26ClF4N3O5. The third kappa shape index (κ3) is 5.51. The lowest BCUT2D eigenvalue weighted by molar-refractivity contribution is -0.191. The zero-order valence-corrected chi connectivity index (χ0v) is 22.7. The minimum Gasteiger partial charge on any atom is -0.493 e. The number of aromatic nitrogens is 1. The highest BCUT2D eigenvalue weighted by molar-refractivity contribution is 6.31. The molecule has 0 radical (unpaired) electrons. The Morgan fingerprint density at radius 1 is 1.22 bits per heavy atom. The molecule has 2 aliphatic rings.